The van der Waals surface area contributed by atoms with E-state index in [1.165, 1.54) is 6.92 Å². The second-order valence-electron chi connectivity index (χ2n) is 4.26. The van der Waals surface area contributed by atoms with Gasteiger partial charge in [-0.1, -0.05) is 30.3 Å². The first-order chi connectivity index (χ1) is 9.54. The number of carbonyl (C=O) groups excluding carboxylic acids is 1. The monoisotopic (exact) mass is 281 g/mol. The van der Waals surface area contributed by atoms with E-state index >= 15 is 0 Å². The molecule has 0 fully saturated rings. The predicted octanol–water partition coefficient (Wildman–Crippen LogP) is 0.980. The topological polar surface area (TPSA) is 84.9 Å². The molecule has 6 nitrogen and oxygen atoms in total. The van der Waals surface area contributed by atoms with Crippen LogP contribution in [0.5, 0.6) is 0 Å². The van der Waals surface area contributed by atoms with Gasteiger partial charge in [-0.05, 0) is 5.56 Å². The number of carbonyl (C=O) groups is 2. The van der Waals surface area contributed by atoms with Crippen molar-refractivity contribution in [3.63, 3.8) is 0 Å². The van der Waals surface area contributed by atoms with Gasteiger partial charge >= 0.3 is 5.97 Å². The van der Waals surface area contributed by atoms with Crippen molar-refractivity contribution >= 4 is 11.9 Å². The third kappa shape index (κ3) is 5.38. The molecule has 0 aliphatic heterocycles. The lowest BCUT2D eigenvalue weighted by Crippen LogP contribution is -2.43. The Labute approximate surface area is 117 Å². The van der Waals surface area contributed by atoms with E-state index in [1.807, 2.05) is 30.3 Å². The summed E-state index contributed by atoms with van der Waals surface area (Å²) in [6, 6.07) is 8.42. The van der Waals surface area contributed by atoms with Crippen LogP contribution in [-0.2, 0) is 19.1 Å². The van der Waals surface area contributed by atoms with Crippen LogP contribution < -0.4 is 5.32 Å². The van der Waals surface area contributed by atoms with E-state index in [0.29, 0.717) is 0 Å². The van der Waals surface area contributed by atoms with Gasteiger partial charge < -0.3 is 19.9 Å². The molecule has 0 spiro atoms. The average Bonchev–Trinajstić information content (AvgIpc) is 2.42. The van der Waals surface area contributed by atoms with Crippen molar-refractivity contribution in [2.24, 2.45) is 0 Å². The zero-order chi connectivity index (χ0) is 15.0. The second-order valence-corrected chi connectivity index (χ2v) is 4.26. The molecule has 1 aromatic carbocycles. The van der Waals surface area contributed by atoms with Gasteiger partial charge in [0.15, 0.2) is 6.04 Å². The minimum atomic E-state index is -1.13. The van der Waals surface area contributed by atoms with Crippen molar-refractivity contribution in [3.05, 3.63) is 35.9 Å². The number of methoxy groups -OCH3 is 1. The molecule has 0 aliphatic carbocycles. The van der Waals surface area contributed by atoms with Crippen molar-refractivity contribution in [1.29, 1.82) is 0 Å². The number of benzene rings is 1. The number of hydrogen-bond donors (Lipinski definition) is 2. The summed E-state index contributed by atoms with van der Waals surface area (Å²) >= 11 is 0. The average molecular weight is 281 g/mol. The zero-order valence-electron chi connectivity index (χ0n) is 11.5. The zero-order valence-corrected chi connectivity index (χ0v) is 11.5. The molecule has 1 amide bonds. The van der Waals surface area contributed by atoms with Gasteiger partial charge in [0.05, 0.1) is 13.2 Å². The Morgan fingerprint density at radius 1 is 1.25 bits per heavy atom. The number of aliphatic carboxylic acids is 1. The van der Waals surface area contributed by atoms with Crippen LogP contribution >= 0.6 is 0 Å². The van der Waals surface area contributed by atoms with Crippen molar-refractivity contribution in [2.45, 2.75) is 19.1 Å². The number of amides is 1. The molecule has 6 heteroatoms. The molecule has 2 atom stereocenters. The van der Waals surface area contributed by atoms with Gasteiger partial charge in [0.25, 0.3) is 0 Å². The largest absolute Gasteiger partial charge is 0.480 e. The molecule has 0 unspecified atom stereocenters. The molecule has 0 aromatic heterocycles. The highest BCUT2D eigenvalue weighted by atomic mass is 16.5. The Morgan fingerprint density at radius 2 is 1.90 bits per heavy atom. The highest BCUT2D eigenvalue weighted by molar-refractivity contribution is 5.82. The molecule has 2 N–H and O–H groups in total. The van der Waals surface area contributed by atoms with E-state index in [9.17, 15) is 9.59 Å². The van der Waals surface area contributed by atoms with Crippen molar-refractivity contribution in [1.82, 2.24) is 5.32 Å². The summed E-state index contributed by atoms with van der Waals surface area (Å²) in [6.45, 7) is 1.36. The summed E-state index contributed by atoms with van der Waals surface area (Å²) in [7, 11) is 1.56. The molecule has 0 heterocycles. The maximum atomic E-state index is 10.9. The molecular formula is C14H19NO5. The fourth-order valence-electron chi connectivity index (χ4n) is 1.68. The summed E-state index contributed by atoms with van der Waals surface area (Å²) in [4.78, 5) is 21.8. The van der Waals surface area contributed by atoms with Gasteiger partial charge in [-0.3, -0.25) is 4.79 Å². The van der Waals surface area contributed by atoms with E-state index in [0.717, 1.165) is 5.56 Å². The molecule has 0 radical (unpaired) electrons. The minimum Gasteiger partial charge on any atom is -0.480 e. The summed E-state index contributed by atoms with van der Waals surface area (Å²) in [6.07, 6.45) is -0.275. The number of rotatable bonds is 8. The van der Waals surface area contributed by atoms with Crippen LogP contribution in [0, 0.1) is 0 Å². The van der Waals surface area contributed by atoms with Crippen LogP contribution in [-0.4, -0.2) is 43.3 Å². The molecule has 0 aliphatic rings. The van der Waals surface area contributed by atoms with Crippen LogP contribution in [0.4, 0.5) is 0 Å². The fraction of sp³-hybridized carbons (Fsp3) is 0.429. The van der Waals surface area contributed by atoms with Gasteiger partial charge in [0, 0.05) is 14.0 Å². The second kappa shape index (κ2) is 8.29. The number of carboxylic acids is 1. The van der Waals surface area contributed by atoms with Crippen molar-refractivity contribution in [2.75, 3.05) is 20.3 Å². The molecule has 20 heavy (non-hydrogen) atoms. The molecule has 110 valence electrons. The van der Waals surface area contributed by atoms with Gasteiger partial charge in [-0.25, -0.2) is 4.79 Å². The van der Waals surface area contributed by atoms with E-state index in [1.54, 1.807) is 7.11 Å². The normalized spacial score (nSPS) is 13.5. The minimum absolute atomic E-state index is 0.110. The molecule has 0 bridgehead atoms. The molecule has 1 rings (SSSR count). The van der Waals surface area contributed by atoms with Crippen LogP contribution in [0.25, 0.3) is 0 Å². The Morgan fingerprint density at radius 3 is 2.40 bits per heavy atom. The lowest BCUT2D eigenvalue weighted by molar-refractivity contribution is -0.143. The molecular weight excluding hydrogens is 262 g/mol. The lowest BCUT2D eigenvalue weighted by Gasteiger charge is -2.18. The molecule has 1 aromatic rings. The smallest absolute Gasteiger partial charge is 0.328 e. The van der Waals surface area contributed by atoms with Gasteiger partial charge in [-0.15, -0.1) is 0 Å². The van der Waals surface area contributed by atoms with Gasteiger partial charge in [0.2, 0.25) is 5.91 Å². The van der Waals surface area contributed by atoms with Gasteiger partial charge in [-0.2, -0.15) is 0 Å². The summed E-state index contributed by atoms with van der Waals surface area (Å²) < 4.78 is 10.6. The third-order valence-corrected chi connectivity index (χ3v) is 2.69. The predicted molar refractivity (Wildman–Crippen MR) is 72.3 cm³/mol. The standard InChI is InChI=1S/C14H19NO5/c1-10(16)15-12(14(17)18)8-20-9-13(19-2)11-6-4-3-5-7-11/h3-7,12-13H,8-9H2,1-2H3,(H,15,16)(H,17,18)/t12-,13-/m0/s1. The van der Waals surface area contributed by atoms with E-state index in [-0.39, 0.29) is 19.3 Å². The lowest BCUT2D eigenvalue weighted by atomic mass is 10.1. The highest BCUT2D eigenvalue weighted by Crippen LogP contribution is 2.16. The SMILES string of the molecule is CO[C@@H](COC[C@H](NC(C)=O)C(=O)O)c1ccccc1. The summed E-state index contributed by atoms with van der Waals surface area (Å²) in [5, 5.41) is 11.2. The maximum absolute atomic E-state index is 10.9. The number of nitrogens with one attached hydrogen (secondary N) is 1. The van der Waals surface area contributed by atoms with Crippen molar-refractivity contribution in [3.8, 4) is 0 Å². The van der Waals surface area contributed by atoms with Crippen LogP contribution in [0.15, 0.2) is 30.3 Å². The Hall–Kier alpha value is -1.92. The van der Waals surface area contributed by atoms with Gasteiger partial charge in [0.1, 0.15) is 6.10 Å². The fourth-order valence-corrected chi connectivity index (χ4v) is 1.68. The first kappa shape index (κ1) is 16.1. The first-order valence-electron chi connectivity index (χ1n) is 6.20. The highest BCUT2D eigenvalue weighted by Gasteiger charge is 2.19. The summed E-state index contributed by atoms with van der Waals surface area (Å²) in [5.74, 6) is -1.54. The third-order valence-electron chi connectivity index (χ3n) is 2.69. The van der Waals surface area contributed by atoms with Crippen LogP contribution in [0.3, 0.4) is 0 Å². The maximum Gasteiger partial charge on any atom is 0.328 e. The number of hydrogen-bond acceptors (Lipinski definition) is 4. The van der Waals surface area contributed by atoms with E-state index in [2.05, 4.69) is 5.32 Å². The summed E-state index contributed by atoms with van der Waals surface area (Å²) in [5.41, 5.74) is 0.946. The van der Waals surface area contributed by atoms with Crippen LogP contribution in [0.1, 0.15) is 18.6 Å². The Kier molecular flexibility index (Phi) is 6.69. The number of carboxylic acid groups (broad SMARTS) is 1. The Balaban J connectivity index is 2.48. The van der Waals surface area contributed by atoms with E-state index in [4.69, 9.17) is 14.6 Å². The molecule has 0 saturated carbocycles. The number of ether oxygens (including phenoxy) is 2. The Bertz CT molecular complexity index is 434. The van der Waals surface area contributed by atoms with E-state index < -0.39 is 17.9 Å². The van der Waals surface area contributed by atoms with Crippen molar-refractivity contribution < 1.29 is 24.2 Å². The first-order valence-corrected chi connectivity index (χ1v) is 6.20. The quantitative estimate of drug-likeness (QED) is 0.742. The van der Waals surface area contributed by atoms with Crippen LogP contribution in [0.2, 0.25) is 0 Å². The molecule has 0 saturated heterocycles.